The summed E-state index contributed by atoms with van der Waals surface area (Å²) < 4.78 is 91.4. The molecule has 0 saturated carbocycles. The molecule has 0 unspecified atom stereocenters. The normalized spacial score (nSPS) is 23.7. The van der Waals surface area contributed by atoms with Crippen LogP contribution >= 0.6 is 15.9 Å². The molecule has 3 aliphatic heterocycles. The number of nitrogens with one attached hydrogen (secondary N) is 7. The lowest BCUT2D eigenvalue weighted by molar-refractivity contribution is -0.197. The van der Waals surface area contributed by atoms with Gasteiger partial charge in [0.1, 0.15) is 67.1 Å². The third kappa shape index (κ3) is 44.6. The first kappa shape index (κ1) is 103. The van der Waals surface area contributed by atoms with Crippen molar-refractivity contribution in [1.29, 1.82) is 0 Å². The maximum atomic E-state index is 13.8. The van der Waals surface area contributed by atoms with Crippen molar-refractivity contribution in [3.8, 4) is 0 Å². The first-order valence-electron chi connectivity index (χ1n) is 38.7. The summed E-state index contributed by atoms with van der Waals surface area (Å²) >= 11 is 3.14. The topological polar surface area (TPSA) is 554 Å². The largest absolute Gasteiger partial charge is 0.499 e. The SMILES string of the molecule is CC(=O)N[C@@H]1[C@@H](O)[C@@H](O)[C@@H](CO)O[C@@H]1CCCOCCOCCNC(=O)CCOCC(COCCC(=O)NCCOCCOCCC[C@H]1O[C@H](CO)[C@H](O)[C@H](O)[C@H]1NC(C)=O)(COCCC(=O)NCCOCCOCCC[C@H]1O[C@H](CO)[C@H](O)[C@H](O)[C@H]1NC(C)=O)NC(=O)C=COCCOCCOCCOCCN(C)C(=O)CBr. The predicted octanol–water partition coefficient (Wildman–Crippen LogP) is -6.76. The fourth-order valence-corrected chi connectivity index (χ4v) is 12.3. The number of aliphatic hydroxyl groups is 9. The van der Waals surface area contributed by atoms with E-state index >= 15 is 0 Å². The monoisotopic (exact) mass is 1710 g/mol. The van der Waals surface area contributed by atoms with Crippen LogP contribution in [0.4, 0.5) is 0 Å². The third-order valence-electron chi connectivity index (χ3n) is 17.8. The minimum absolute atomic E-state index is 0.0569. The third-order valence-corrected chi connectivity index (χ3v) is 18.3. The van der Waals surface area contributed by atoms with Gasteiger partial charge in [0.2, 0.25) is 47.3 Å². The second kappa shape index (κ2) is 62.9. The zero-order valence-electron chi connectivity index (χ0n) is 66.2. The molecule has 41 nitrogen and oxygen atoms in total. The maximum Gasteiger partial charge on any atom is 0.247 e. The van der Waals surface area contributed by atoms with Crippen LogP contribution < -0.4 is 37.2 Å². The van der Waals surface area contributed by atoms with E-state index < -0.39 is 158 Å². The molecule has 0 aromatic heterocycles. The van der Waals surface area contributed by atoms with Crippen LogP contribution in [0.25, 0.3) is 0 Å². The van der Waals surface area contributed by atoms with Gasteiger partial charge in [-0.25, -0.2) is 0 Å². The molecule has 3 heterocycles. The van der Waals surface area contributed by atoms with Gasteiger partial charge in [-0.2, -0.15) is 0 Å². The summed E-state index contributed by atoms with van der Waals surface area (Å²) in [5.74, 6) is -3.17. The van der Waals surface area contributed by atoms with Crippen molar-refractivity contribution in [3.05, 3.63) is 12.3 Å². The van der Waals surface area contributed by atoms with Gasteiger partial charge >= 0.3 is 0 Å². The van der Waals surface area contributed by atoms with E-state index in [1.165, 1.54) is 20.8 Å². The van der Waals surface area contributed by atoms with E-state index in [2.05, 4.69) is 53.1 Å². The van der Waals surface area contributed by atoms with Gasteiger partial charge in [0.05, 0.1) is 207 Å². The van der Waals surface area contributed by atoms with E-state index in [1.807, 2.05) is 0 Å². The first-order valence-corrected chi connectivity index (χ1v) is 39.8. The van der Waals surface area contributed by atoms with E-state index in [4.69, 9.17) is 75.8 Å². The van der Waals surface area contributed by atoms with Gasteiger partial charge in [0.25, 0.3) is 0 Å². The lowest BCUT2D eigenvalue weighted by atomic mass is 9.90. The van der Waals surface area contributed by atoms with Gasteiger partial charge in [-0.15, -0.1) is 0 Å². The minimum atomic E-state index is -1.51. The molecule has 3 aliphatic rings. The van der Waals surface area contributed by atoms with Gasteiger partial charge < -0.3 is 164 Å². The second-order valence-corrected chi connectivity index (χ2v) is 27.7. The van der Waals surface area contributed by atoms with Crippen LogP contribution in [-0.2, 0) is 114 Å². The molecule has 0 aromatic carbocycles. The van der Waals surface area contributed by atoms with Crippen molar-refractivity contribution < 1.29 is 160 Å². The quantitative estimate of drug-likeness (QED) is 0.0116. The molecule has 3 rings (SSSR count). The summed E-state index contributed by atoms with van der Waals surface area (Å²) in [6, 6.07) is -2.66. The number of alkyl halides is 1. The predicted molar refractivity (Wildman–Crippen MR) is 404 cm³/mol. The molecule has 3 fully saturated rings. The number of hydrogen-bond acceptors (Lipinski definition) is 33. The number of likely N-dealkylation sites (N-methyl/N-ethyl adjacent to an activating group) is 1. The minimum Gasteiger partial charge on any atom is -0.499 e. The number of nitrogens with zero attached hydrogens (tertiary/aromatic N) is 1. The summed E-state index contributed by atoms with van der Waals surface area (Å²) in [6.45, 7) is 5.95. The molecule has 42 heteroatoms. The molecule has 0 spiro atoms. The molecule has 0 aliphatic carbocycles. The van der Waals surface area contributed by atoms with Crippen LogP contribution in [0.1, 0.15) is 78.6 Å². The van der Waals surface area contributed by atoms with Crippen molar-refractivity contribution in [3.63, 3.8) is 0 Å². The average molecular weight is 1710 g/mol. The molecular formula is C72H129BrN8O33. The molecule has 3 saturated heterocycles. The van der Waals surface area contributed by atoms with Gasteiger partial charge in [0.15, 0.2) is 0 Å². The van der Waals surface area contributed by atoms with Crippen molar-refractivity contribution in [1.82, 2.24) is 42.1 Å². The number of aliphatic hydroxyl groups excluding tert-OH is 9. The molecule has 0 bridgehead atoms. The van der Waals surface area contributed by atoms with Crippen molar-refractivity contribution >= 4 is 63.2 Å². The van der Waals surface area contributed by atoms with Crippen LogP contribution in [-0.4, -0.2) is 419 Å². The first-order chi connectivity index (χ1) is 54.9. The van der Waals surface area contributed by atoms with Crippen LogP contribution in [0.2, 0.25) is 0 Å². The molecule has 0 aromatic rings. The fraction of sp³-hybridized carbons (Fsp3) is 0.861. The zero-order valence-corrected chi connectivity index (χ0v) is 67.7. The van der Waals surface area contributed by atoms with Crippen LogP contribution in [0.15, 0.2) is 12.3 Å². The van der Waals surface area contributed by atoms with E-state index in [1.54, 1.807) is 11.9 Å². The summed E-state index contributed by atoms with van der Waals surface area (Å²) in [5.41, 5.74) is -1.51. The molecule has 16 N–H and O–H groups in total. The Morgan fingerprint density at radius 2 is 0.693 bits per heavy atom. The number of carbonyl (C=O) groups is 8. The summed E-state index contributed by atoms with van der Waals surface area (Å²) in [5, 5.41) is 111. The highest BCUT2D eigenvalue weighted by molar-refractivity contribution is 9.09. The smallest absolute Gasteiger partial charge is 0.247 e. The van der Waals surface area contributed by atoms with E-state index in [-0.39, 0.29) is 195 Å². The zero-order chi connectivity index (χ0) is 83.7. The van der Waals surface area contributed by atoms with Crippen LogP contribution in [0.3, 0.4) is 0 Å². The van der Waals surface area contributed by atoms with E-state index in [9.17, 15) is 84.3 Å². The van der Waals surface area contributed by atoms with Crippen LogP contribution in [0.5, 0.6) is 0 Å². The number of ether oxygens (including phenoxy) is 16. The Hall–Kier alpha value is -5.18. The fourth-order valence-electron chi connectivity index (χ4n) is 11.8. The van der Waals surface area contributed by atoms with Gasteiger partial charge in [0, 0.05) is 99.2 Å². The lowest BCUT2D eigenvalue weighted by Crippen LogP contribution is -2.63. The van der Waals surface area contributed by atoms with Crippen molar-refractivity contribution in [2.24, 2.45) is 0 Å². The Labute approximate surface area is 674 Å². The number of rotatable bonds is 67. The summed E-state index contributed by atoms with van der Waals surface area (Å²) in [6.07, 6.45) is -8.98. The van der Waals surface area contributed by atoms with Crippen molar-refractivity contribution in [2.45, 2.75) is 175 Å². The maximum absolute atomic E-state index is 13.8. The Balaban J connectivity index is 1.56. The molecule has 0 radical (unpaired) electrons. The van der Waals surface area contributed by atoms with Gasteiger partial charge in [-0.05, 0) is 38.5 Å². The van der Waals surface area contributed by atoms with Gasteiger partial charge in [-0.1, -0.05) is 15.9 Å². The standard InChI is InChI=1S/C72H129BrN8O33/c1-49(85)77-63-52(112-55(43-82)66(93)69(63)96)8-5-19-99-30-34-103-26-15-74-58(88)11-23-109-46-72(80-61(91)14-22-102-33-38-107-40-41-108-39-37-106-29-18-81(4)62(92)42-73,47-110-24-12-59(89)75-16-27-104-35-31-100-20-6-9-53-64(78-50(2)86)70(97)67(94)56(44-83)113-53)48-111-25-13-60(90)76-17-28-105-36-32-101-21-7-10-54-65(79-51(3)87)71(98)68(95)57(45-84)114-54/h14,22,52-57,63-71,82-84,93-98H,5-13,15-21,23-48H2,1-4H3,(H,74,88)(H,75,89)(H,76,90)(H,77,85)(H,78,86)(H,79,87)(H,80,91)/t52-,53-,54-,55-,56-,57-,63+,64+,65+,66+,67+,68+,69-,70-,71-/m1/s1. The van der Waals surface area contributed by atoms with E-state index in [0.29, 0.717) is 64.9 Å². The number of halogens is 1. The second-order valence-electron chi connectivity index (χ2n) is 27.1. The molecule has 15 atom stereocenters. The summed E-state index contributed by atoms with van der Waals surface area (Å²) in [7, 11) is 1.68. The Morgan fingerprint density at radius 3 is 1.00 bits per heavy atom. The summed E-state index contributed by atoms with van der Waals surface area (Å²) in [4.78, 5) is 101. The number of amides is 8. The van der Waals surface area contributed by atoms with E-state index in [0.717, 1.165) is 12.3 Å². The Kier molecular flexibility index (Phi) is 56.9. The average Bonchev–Trinajstić information content (AvgIpc) is 0.819. The molecule has 662 valence electrons. The van der Waals surface area contributed by atoms with Gasteiger partial charge in [-0.3, -0.25) is 38.4 Å². The molecular weight excluding hydrogens is 1580 g/mol. The Bertz CT molecular complexity index is 2440. The Morgan fingerprint density at radius 1 is 0.395 bits per heavy atom. The van der Waals surface area contributed by atoms with Crippen molar-refractivity contribution in [2.75, 3.05) is 224 Å². The number of hydrogen-bond donors (Lipinski definition) is 16. The molecule has 8 amide bonds. The highest BCUT2D eigenvalue weighted by atomic mass is 79.9. The highest BCUT2D eigenvalue weighted by Crippen LogP contribution is 2.27. The number of carbonyl (C=O) groups excluding carboxylic acids is 8. The highest BCUT2D eigenvalue weighted by Gasteiger charge is 2.47. The van der Waals surface area contributed by atoms with Crippen LogP contribution in [0, 0.1) is 0 Å². The lowest BCUT2D eigenvalue weighted by Gasteiger charge is -2.42. The molecule has 114 heavy (non-hydrogen) atoms.